The van der Waals surface area contributed by atoms with Crippen molar-refractivity contribution in [3.8, 4) is 0 Å². The molecule has 1 amide bonds. The van der Waals surface area contributed by atoms with Gasteiger partial charge in [-0.1, -0.05) is 19.3 Å². The molecule has 0 saturated heterocycles. The summed E-state index contributed by atoms with van der Waals surface area (Å²) in [6.07, 6.45) is 4.82. The van der Waals surface area contributed by atoms with Crippen molar-refractivity contribution in [1.82, 2.24) is 4.90 Å². The maximum atomic E-state index is 13.7. The summed E-state index contributed by atoms with van der Waals surface area (Å²) in [6.45, 7) is 0.642. The molecule has 0 spiro atoms. The van der Waals surface area contributed by atoms with Crippen molar-refractivity contribution in [3.63, 3.8) is 0 Å². The minimum absolute atomic E-state index is 0.111. The van der Waals surface area contributed by atoms with Crippen LogP contribution in [0.15, 0.2) is 12.1 Å². The van der Waals surface area contributed by atoms with Crippen LogP contribution in [0.4, 0.5) is 8.78 Å². The van der Waals surface area contributed by atoms with Crippen molar-refractivity contribution in [1.29, 1.82) is 0 Å². The van der Waals surface area contributed by atoms with Gasteiger partial charge in [-0.25, -0.2) is 8.78 Å². The molecular formula is C17H21F2NO2. The zero-order chi connectivity index (χ0) is 15.7. The molecule has 1 aromatic carbocycles. The third-order valence-electron chi connectivity index (χ3n) is 4.86. The van der Waals surface area contributed by atoms with Crippen LogP contribution in [-0.2, 0) is 17.8 Å². The average molecular weight is 309 g/mol. The summed E-state index contributed by atoms with van der Waals surface area (Å²) in [5.41, 5.74) is 0.137. The fraction of sp³-hybridized carbons (Fsp3) is 0.588. The molecule has 1 saturated carbocycles. The van der Waals surface area contributed by atoms with E-state index >= 15 is 0 Å². The Balaban J connectivity index is 1.70. The third kappa shape index (κ3) is 3.14. The minimum Gasteiger partial charge on any atom is -0.389 e. The van der Waals surface area contributed by atoms with Crippen LogP contribution in [0.5, 0.6) is 0 Å². The second kappa shape index (κ2) is 5.95. The fourth-order valence-corrected chi connectivity index (χ4v) is 3.60. The molecule has 1 aliphatic carbocycles. The molecule has 2 aliphatic rings. The Bertz CT molecular complexity index is 582. The number of rotatable bonds is 2. The quantitative estimate of drug-likeness (QED) is 0.912. The number of halogens is 2. The maximum absolute atomic E-state index is 13.7. The molecule has 1 aliphatic heterocycles. The summed E-state index contributed by atoms with van der Waals surface area (Å²) in [5.74, 6) is -1.27. The van der Waals surface area contributed by atoms with E-state index in [0.717, 1.165) is 25.3 Å². The topological polar surface area (TPSA) is 40.5 Å². The number of hydrogen-bond donors (Lipinski definition) is 1. The molecule has 1 heterocycles. The highest BCUT2D eigenvalue weighted by atomic mass is 19.1. The SMILES string of the molecule is O=C(CC1(O)CCCCC1)N1CCc2c(F)cc(F)cc2C1. The first-order valence-electron chi connectivity index (χ1n) is 7.94. The van der Waals surface area contributed by atoms with Gasteiger partial charge in [-0.2, -0.15) is 0 Å². The first kappa shape index (κ1) is 15.4. The number of carbonyl (C=O) groups is 1. The van der Waals surface area contributed by atoms with Crippen molar-refractivity contribution in [2.75, 3.05) is 6.54 Å². The van der Waals surface area contributed by atoms with Gasteiger partial charge in [-0.15, -0.1) is 0 Å². The van der Waals surface area contributed by atoms with Crippen molar-refractivity contribution < 1.29 is 18.7 Å². The summed E-state index contributed by atoms with van der Waals surface area (Å²) >= 11 is 0. The van der Waals surface area contributed by atoms with Gasteiger partial charge in [0.2, 0.25) is 5.91 Å². The van der Waals surface area contributed by atoms with Crippen LogP contribution in [0.3, 0.4) is 0 Å². The van der Waals surface area contributed by atoms with E-state index in [0.29, 0.717) is 36.9 Å². The van der Waals surface area contributed by atoms with E-state index in [1.807, 2.05) is 0 Å². The molecule has 22 heavy (non-hydrogen) atoms. The van der Waals surface area contributed by atoms with Crippen molar-refractivity contribution in [2.45, 2.75) is 57.1 Å². The highest BCUT2D eigenvalue weighted by Gasteiger charge is 2.34. The van der Waals surface area contributed by atoms with Gasteiger partial charge in [0.1, 0.15) is 11.6 Å². The van der Waals surface area contributed by atoms with E-state index in [2.05, 4.69) is 0 Å². The van der Waals surface area contributed by atoms with Gasteiger partial charge in [0.25, 0.3) is 0 Å². The molecule has 0 unspecified atom stereocenters. The average Bonchev–Trinajstić information content (AvgIpc) is 2.46. The van der Waals surface area contributed by atoms with Crippen LogP contribution in [-0.4, -0.2) is 28.1 Å². The van der Waals surface area contributed by atoms with Gasteiger partial charge in [0.05, 0.1) is 12.0 Å². The summed E-state index contributed by atoms with van der Waals surface area (Å²) in [5, 5.41) is 10.5. The molecule has 1 fully saturated rings. The zero-order valence-electron chi connectivity index (χ0n) is 12.6. The molecule has 0 bridgehead atoms. The summed E-state index contributed by atoms with van der Waals surface area (Å²) < 4.78 is 27.0. The predicted octanol–water partition coefficient (Wildman–Crippen LogP) is 2.93. The Morgan fingerprint density at radius 3 is 2.68 bits per heavy atom. The standard InChI is InChI=1S/C17H21F2NO2/c18-13-8-12-11-20(7-4-14(12)15(19)9-13)16(21)10-17(22)5-2-1-3-6-17/h8-9,22H,1-7,10-11H2. The van der Waals surface area contributed by atoms with Crippen LogP contribution in [0.1, 0.15) is 49.7 Å². The molecule has 3 rings (SSSR count). The van der Waals surface area contributed by atoms with Crippen molar-refractivity contribution >= 4 is 5.91 Å². The summed E-state index contributed by atoms with van der Waals surface area (Å²) in [6, 6.07) is 2.19. The van der Waals surface area contributed by atoms with Gasteiger partial charge in [0, 0.05) is 19.2 Å². The minimum atomic E-state index is -0.900. The monoisotopic (exact) mass is 309 g/mol. The predicted molar refractivity (Wildman–Crippen MR) is 78.1 cm³/mol. The van der Waals surface area contributed by atoms with Crippen LogP contribution in [0.25, 0.3) is 0 Å². The Labute approximate surface area is 128 Å². The number of hydrogen-bond acceptors (Lipinski definition) is 2. The highest BCUT2D eigenvalue weighted by Crippen LogP contribution is 2.32. The Hall–Kier alpha value is -1.49. The second-order valence-corrected chi connectivity index (χ2v) is 6.55. The molecule has 120 valence electrons. The van der Waals surface area contributed by atoms with Gasteiger partial charge in [0.15, 0.2) is 0 Å². The van der Waals surface area contributed by atoms with E-state index in [1.165, 1.54) is 6.07 Å². The van der Waals surface area contributed by atoms with Crippen LogP contribution in [0, 0.1) is 11.6 Å². The number of benzene rings is 1. The number of amides is 1. The normalized spacial score (nSPS) is 20.6. The Morgan fingerprint density at radius 2 is 1.95 bits per heavy atom. The van der Waals surface area contributed by atoms with Gasteiger partial charge >= 0.3 is 0 Å². The number of aliphatic hydroxyl groups is 1. The van der Waals surface area contributed by atoms with Crippen LogP contribution >= 0.6 is 0 Å². The summed E-state index contributed by atoms with van der Waals surface area (Å²) in [4.78, 5) is 14.0. The van der Waals surface area contributed by atoms with E-state index in [4.69, 9.17) is 0 Å². The van der Waals surface area contributed by atoms with Gasteiger partial charge in [-0.05, 0) is 36.5 Å². The molecular weight excluding hydrogens is 288 g/mol. The Kier molecular flexibility index (Phi) is 4.17. The molecule has 1 aromatic rings. The second-order valence-electron chi connectivity index (χ2n) is 6.55. The largest absolute Gasteiger partial charge is 0.389 e. The third-order valence-corrected chi connectivity index (χ3v) is 4.86. The first-order chi connectivity index (χ1) is 10.5. The fourth-order valence-electron chi connectivity index (χ4n) is 3.60. The van der Waals surface area contributed by atoms with Gasteiger partial charge < -0.3 is 10.0 Å². The molecule has 0 radical (unpaired) electrons. The number of carbonyl (C=O) groups excluding carboxylic acids is 1. The lowest BCUT2D eigenvalue weighted by Gasteiger charge is -2.35. The maximum Gasteiger partial charge on any atom is 0.225 e. The van der Waals surface area contributed by atoms with E-state index in [-0.39, 0.29) is 18.9 Å². The molecule has 0 aromatic heterocycles. The van der Waals surface area contributed by atoms with Crippen LogP contribution < -0.4 is 0 Å². The van der Waals surface area contributed by atoms with E-state index in [9.17, 15) is 18.7 Å². The molecule has 5 heteroatoms. The lowest BCUT2D eigenvalue weighted by molar-refractivity contribution is -0.138. The summed E-state index contributed by atoms with van der Waals surface area (Å²) in [7, 11) is 0. The Morgan fingerprint density at radius 1 is 1.23 bits per heavy atom. The lowest BCUT2D eigenvalue weighted by atomic mass is 9.82. The molecule has 0 atom stereocenters. The number of nitrogens with zero attached hydrogens (tertiary/aromatic N) is 1. The lowest BCUT2D eigenvalue weighted by Crippen LogP contribution is -2.42. The van der Waals surface area contributed by atoms with Crippen molar-refractivity contribution in [2.24, 2.45) is 0 Å². The molecule has 1 N–H and O–H groups in total. The number of fused-ring (bicyclic) bond motifs is 1. The van der Waals surface area contributed by atoms with E-state index in [1.54, 1.807) is 4.90 Å². The zero-order valence-corrected chi connectivity index (χ0v) is 12.6. The van der Waals surface area contributed by atoms with Gasteiger partial charge in [-0.3, -0.25) is 4.79 Å². The first-order valence-corrected chi connectivity index (χ1v) is 7.94. The smallest absolute Gasteiger partial charge is 0.225 e. The van der Waals surface area contributed by atoms with Crippen molar-refractivity contribution in [3.05, 3.63) is 34.9 Å². The molecule has 3 nitrogen and oxygen atoms in total. The van der Waals surface area contributed by atoms with E-state index < -0.39 is 17.2 Å². The highest BCUT2D eigenvalue weighted by molar-refractivity contribution is 5.77. The van der Waals surface area contributed by atoms with Crippen LogP contribution in [0.2, 0.25) is 0 Å².